The van der Waals surface area contributed by atoms with E-state index in [4.69, 9.17) is 11.6 Å². The third-order valence-corrected chi connectivity index (χ3v) is 5.01. The molecule has 2 amide bonds. The van der Waals surface area contributed by atoms with Crippen LogP contribution >= 0.6 is 39.3 Å². The van der Waals surface area contributed by atoms with Crippen molar-refractivity contribution in [2.24, 2.45) is 0 Å². The number of nitrogens with one attached hydrogen (secondary N) is 2. The molecular weight excluding hydrogens is 443 g/mol. The van der Waals surface area contributed by atoms with Gasteiger partial charge < -0.3 is 10.6 Å². The SMILES string of the molecule is CSCCC(NC(=O)c1ccccc1Cl)C(=O)Nc1ccc(Br)cc1F. The standard InChI is InChI=1S/C18H17BrClFN2O2S/c1-26-9-8-16(23-17(24)12-4-2-3-5-13(12)20)18(25)22-15-7-6-11(19)10-14(15)21/h2-7,10,16H,8-9H2,1H3,(H,22,25)(H,23,24). The third-order valence-electron chi connectivity index (χ3n) is 3.54. The molecule has 0 aliphatic rings. The highest BCUT2D eigenvalue weighted by Crippen LogP contribution is 2.20. The summed E-state index contributed by atoms with van der Waals surface area (Å²) in [7, 11) is 0. The van der Waals surface area contributed by atoms with E-state index in [1.807, 2.05) is 6.26 Å². The maximum Gasteiger partial charge on any atom is 0.253 e. The summed E-state index contributed by atoms with van der Waals surface area (Å²) in [5, 5.41) is 5.50. The van der Waals surface area contributed by atoms with Crippen LogP contribution < -0.4 is 10.6 Å². The van der Waals surface area contributed by atoms with E-state index >= 15 is 0 Å². The van der Waals surface area contributed by atoms with Gasteiger partial charge >= 0.3 is 0 Å². The van der Waals surface area contributed by atoms with Gasteiger partial charge in [0.05, 0.1) is 16.3 Å². The molecule has 138 valence electrons. The zero-order chi connectivity index (χ0) is 19.1. The van der Waals surface area contributed by atoms with Crippen molar-refractivity contribution in [1.82, 2.24) is 5.32 Å². The molecule has 0 aliphatic heterocycles. The van der Waals surface area contributed by atoms with Crippen LogP contribution in [0.25, 0.3) is 0 Å². The molecule has 0 aromatic heterocycles. The smallest absolute Gasteiger partial charge is 0.253 e. The van der Waals surface area contributed by atoms with Gasteiger partial charge in [-0.15, -0.1) is 0 Å². The van der Waals surface area contributed by atoms with Crippen LogP contribution in [0.3, 0.4) is 0 Å². The number of thioether (sulfide) groups is 1. The first-order valence-corrected chi connectivity index (χ1v) is 10.3. The Morgan fingerprint density at radius 1 is 1.27 bits per heavy atom. The quantitative estimate of drug-likeness (QED) is 0.629. The van der Waals surface area contributed by atoms with Crippen LogP contribution in [0.15, 0.2) is 46.9 Å². The Balaban J connectivity index is 2.14. The lowest BCUT2D eigenvalue weighted by Crippen LogP contribution is -2.44. The van der Waals surface area contributed by atoms with Gasteiger partial charge in [0.25, 0.3) is 5.91 Å². The van der Waals surface area contributed by atoms with E-state index in [9.17, 15) is 14.0 Å². The second kappa shape index (κ2) is 9.94. The average molecular weight is 460 g/mol. The van der Waals surface area contributed by atoms with Crippen molar-refractivity contribution < 1.29 is 14.0 Å². The first-order valence-electron chi connectivity index (χ1n) is 7.72. The molecule has 1 unspecified atom stereocenters. The molecule has 0 fully saturated rings. The van der Waals surface area contributed by atoms with E-state index in [-0.39, 0.29) is 11.3 Å². The predicted octanol–water partition coefficient (Wildman–Crippen LogP) is 4.73. The molecule has 1 atom stereocenters. The van der Waals surface area contributed by atoms with Crippen LogP contribution in [0.2, 0.25) is 5.02 Å². The third kappa shape index (κ3) is 5.72. The predicted molar refractivity (Wildman–Crippen MR) is 108 cm³/mol. The number of anilines is 1. The molecule has 26 heavy (non-hydrogen) atoms. The average Bonchev–Trinajstić information content (AvgIpc) is 2.61. The van der Waals surface area contributed by atoms with Gasteiger partial charge in [-0.2, -0.15) is 11.8 Å². The summed E-state index contributed by atoms with van der Waals surface area (Å²) in [5.41, 5.74) is 0.338. The Morgan fingerprint density at radius 3 is 2.65 bits per heavy atom. The second-order valence-corrected chi connectivity index (χ2v) is 7.71. The zero-order valence-electron chi connectivity index (χ0n) is 13.9. The summed E-state index contributed by atoms with van der Waals surface area (Å²) in [6.45, 7) is 0. The summed E-state index contributed by atoms with van der Waals surface area (Å²) >= 11 is 10.7. The van der Waals surface area contributed by atoms with Crippen molar-refractivity contribution in [2.75, 3.05) is 17.3 Å². The number of benzene rings is 2. The molecule has 0 saturated heterocycles. The van der Waals surface area contributed by atoms with E-state index in [0.29, 0.717) is 21.7 Å². The lowest BCUT2D eigenvalue weighted by Gasteiger charge is -2.19. The summed E-state index contributed by atoms with van der Waals surface area (Å²) in [5.74, 6) is -0.841. The van der Waals surface area contributed by atoms with Crippen LogP contribution in [0.4, 0.5) is 10.1 Å². The first-order chi connectivity index (χ1) is 12.4. The second-order valence-electron chi connectivity index (χ2n) is 5.40. The van der Waals surface area contributed by atoms with Crippen molar-refractivity contribution in [3.8, 4) is 0 Å². The van der Waals surface area contributed by atoms with Crippen molar-refractivity contribution in [3.05, 3.63) is 63.3 Å². The van der Waals surface area contributed by atoms with Crippen LogP contribution in [0.5, 0.6) is 0 Å². The molecule has 4 nitrogen and oxygen atoms in total. The Labute approximate surface area is 169 Å². The number of hydrogen-bond acceptors (Lipinski definition) is 3. The highest BCUT2D eigenvalue weighted by atomic mass is 79.9. The summed E-state index contributed by atoms with van der Waals surface area (Å²) in [6, 6.07) is 10.1. The van der Waals surface area contributed by atoms with Crippen molar-refractivity contribution in [1.29, 1.82) is 0 Å². The molecule has 0 heterocycles. The van der Waals surface area contributed by atoms with Crippen LogP contribution in [0, 0.1) is 5.82 Å². The molecule has 0 saturated carbocycles. The Bertz CT molecular complexity index is 807. The number of hydrogen-bond donors (Lipinski definition) is 2. The Hall–Kier alpha value is -1.57. The van der Waals surface area contributed by atoms with E-state index in [1.54, 1.807) is 42.1 Å². The molecule has 0 radical (unpaired) electrons. The summed E-state index contributed by atoms with van der Waals surface area (Å²) in [6.07, 6.45) is 2.31. The van der Waals surface area contributed by atoms with Crippen LogP contribution in [-0.4, -0.2) is 29.9 Å². The monoisotopic (exact) mass is 458 g/mol. The number of rotatable bonds is 7. The van der Waals surface area contributed by atoms with Gasteiger partial charge in [0.15, 0.2) is 0 Å². The van der Waals surface area contributed by atoms with Gasteiger partial charge in [0.2, 0.25) is 5.91 Å². The van der Waals surface area contributed by atoms with Crippen molar-refractivity contribution in [2.45, 2.75) is 12.5 Å². The number of halogens is 3. The van der Waals surface area contributed by atoms with E-state index in [2.05, 4.69) is 26.6 Å². The molecule has 0 aliphatic carbocycles. The highest BCUT2D eigenvalue weighted by Gasteiger charge is 2.23. The van der Waals surface area contributed by atoms with E-state index in [0.717, 1.165) is 0 Å². The largest absolute Gasteiger partial charge is 0.340 e. The first kappa shape index (κ1) is 20.7. The maximum atomic E-state index is 14.0. The highest BCUT2D eigenvalue weighted by molar-refractivity contribution is 9.10. The van der Waals surface area contributed by atoms with Crippen molar-refractivity contribution >= 4 is 56.8 Å². The fourth-order valence-electron chi connectivity index (χ4n) is 2.20. The van der Waals surface area contributed by atoms with Crippen LogP contribution in [-0.2, 0) is 4.79 Å². The van der Waals surface area contributed by atoms with Crippen molar-refractivity contribution in [3.63, 3.8) is 0 Å². The minimum atomic E-state index is -0.811. The van der Waals surface area contributed by atoms with E-state index in [1.165, 1.54) is 12.1 Å². The molecule has 2 rings (SSSR count). The van der Waals surface area contributed by atoms with Gasteiger partial charge in [0, 0.05) is 4.47 Å². The molecular formula is C18H17BrClFN2O2S. The fraction of sp³-hybridized carbons (Fsp3) is 0.222. The summed E-state index contributed by atoms with van der Waals surface area (Å²) < 4.78 is 14.5. The molecule has 2 aromatic rings. The molecule has 8 heteroatoms. The molecule has 0 spiro atoms. The fourth-order valence-corrected chi connectivity index (χ4v) is 3.22. The number of amides is 2. The van der Waals surface area contributed by atoms with Gasteiger partial charge in [-0.05, 0) is 48.8 Å². The minimum absolute atomic E-state index is 0.0549. The zero-order valence-corrected chi connectivity index (χ0v) is 17.1. The Morgan fingerprint density at radius 2 is 2.00 bits per heavy atom. The lowest BCUT2D eigenvalue weighted by molar-refractivity contribution is -0.118. The minimum Gasteiger partial charge on any atom is -0.340 e. The molecule has 0 bridgehead atoms. The molecule has 2 aromatic carbocycles. The van der Waals surface area contributed by atoms with Crippen LogP contribution in [0.1, 0.15) is 16.8 Å². The topological polar surface area (TPSA) is 58.2 Å². The van der Waals surface area contributed by atoms with Gasteiger partial charge in [-0.1, -0.05) is 39.7 Å². The van der Waals surface area contributed by atoms with Gasteiger partial charge in [-0.3, -0.25) is 9.59 Å². The Kier molecular flexibility index (Phi) is 7.93. The van der Waals surface area contributed by atoms with Gasteiger partial charge in [-0.25, -0.2) is 4.39 Å². The molecule has 2 N–H and O–H groups in total. The lowest BCUT2D eigenvalue weighted by atomic mass is 10.1. The number of carbonyl (C=O) groups is 2. The van der Waals surface area contributed by atoms with E-state index < -0.39 is 23.7 Å². The maximum absolute atomic E-state index is 14.0. The summed E-state index contributed by atoms with van der Waals surface area (Å²) in [4.78, 5) is 25.0. The van der Waals surface area contributed by atoms with Gasteiger partial charge in [0.1, 0.15) is 11.9 Å². The normalized spacial score (nSPS) is 11.7. The number of carbonyl (C=O) groups excluding carboxylic acids is 2.